The second-order valence-corrected chi connectivity index (χ2v) is 10.7. The molecule has 2 amide bonds. The summed E-state index contributed by atoms with van der Waals surface area (Å²) in [5, 5.41) is 8.66. The van der Waals surface area contributed by atoms with E-state index in [-0.39, 0.29) is 35.9 Å². The number of hydrogen-bond acceptors (Lipinski definition) is 4. The summed E-state index contributed by atoms with van der Waals surface area (Å²) in [4.78, 5) is 12.9. The van der Waals surface area contributed by atoms with E-state index >= 15 is 0 Å². The predicted octanol–water partition coefficient (Wildman–Crippen LogP) is 6.58. The minimum absolute atomic E-state index is 0.00582. The van der Waals surface area contributed by atoms with E-state index in [1.54, 1.807) is 6.07 Å². The summed E-state index contributed by atoms with van der Waals surface area (Å²) in [6.07, 6.45) is -5.30. The third-order valence-corrected chi connectivity index (χ3v) is 8.19. The number of benzene rings is 2. The van der Waals surface area contributed by atoms with Crippen LogP contribution in [0.4, 0.5) is 36.8 Å². The zero-order chi connectivity index (χ0) is 28.5. The summed E-state index contributed by atoms with van der Waals surface area (Å²) >= 11 is 0. The molecular formula is C28H31F6N3O3. The van der Waals surface area contributed by atoms with E-state index in [1.165, 1.54) is 18.2 Å². The maximum atomic E-state index is 14.0. The Morgan fingerprint density at radius 3 is 2.25 bits per heavy atom. The highest BCUT2D eigenvalue weighted by Crippen LogP contribution is 2.52. The van der Waals surface area contributed by atoms with Gasteiger partial charge in [-0.25, -0.2) is 4.79 Å². The number of carbonyl (C=O) groups excluding carboxylic acids is 1. The van der Waals surface area contributed by atoms with Gasteiger partial charge < -0.3 is 20.1 Å². The molecule has 4 unspecified atom stereocenters. The van der Waals surface area contributed by atoms with Crippen LogP contribution in [0, 0.1) is 11.8 Å². The molecular weight excluding hydrogens is 540 g/mol. The molecule has 2 aliphatic heterocycles. The Bertz CT molecular complexity index is 1180. The van der Waals surface area contributed by atoms with Crippen LogP contribution in [0.15, 0.2) is 48.5 Å². The molecule has 0 spiro atoms. The molecule has 3 N–H and O–H groups in total. The van der Waals surface area contributed by atoms with E-state index in [4.69, 9.17) is 9.47 Å². The van der Waals surface area contributed by atoms with Crippen LogP contribution in [0.5, 0.6) is 5.75 Å². The lowest BCUT2D eigenvalue weighted by molar-refractivity contribution is -0.334. The minimum atomic E-state index is -4.64. The smallest absolute Gasteiger partial charge is 0.421 e. The number of amides is 2. The third-order valence-electron chi connectivity index (χ3n) is 8.19. The maximum absolute atomic E-state index is 14.0. The van der Waals surface area contributed by atoms with E-state index in [0.29, 0.717) is 18.9 Å². The lowest BCUT2D eigenvalue weighted by Crippen LogP contribution is -2.60. The minimum Gasteiger partial charge on any atom is -0.473 e. The van der Waals surface area contributed by atoms with Gasteiger partial charge in [-0.05, 0) is 48.6 Å². The molecule has 1 saturated carbocycles. The molecule has 218 valence electrons. The van der Waals surface area contributed by atoms with Crippen molar-refractivity contribution in [3.8, 4) is 5.75 Å². The SMILES string of the molecule is O=C(Nc1ccc(C(F)(F)F)cc1)NC1CC(C2CCCC2)CNC1Oc1ccccc1C1(C(F)(F)F)CCO1. The van der Waals surface area contributed by atoms with Crippen molar-refractivity contribution in [1.29, 1.82) is 0 Å². The van der Waals surface area contributed by atoms with Crippen LogP contribution in [0.2, 0.25) is 0 Å². The molecule has 40 heavy (non-hydrogen) atoms. The van der Waals surface area contributed by atoms with Crippen LogP contribution in [-0.2, 0) is 16.5 Å². The van der Waals surface area contributed by atoms with Crippen LogP contribution in [-0.4, -0.2) is 37.6 Å². The highest BCUT2D eigenvalue weighted by molar-refractivity contribution is 5.89. The van der Waals surface area contributed by atoms with Crippen molar-refractivity contribution < 1.29 is 40.6 Å². The molecule has 6 nitrogen and oxygen atoms in total. The first kappa shape index (κ1) is 28.5. The van der Waals surface area contributed by atoms with Gasteiger partial charge in [-0.1, -0.05) is 43.9 Å². The fraction of sp³-hybridized carbons (Fsp3) is 0.536. The highest BCUT2D eigenvalue weighted by Gasteiger charge is 2.62. The first-order chi connectivity index (χ1) is 19.0. The highest BCUT2D eigenvalue weighted by atomic mass is 19.4. The molecule has 2 heterocycles. The average Bonchev–Trinajstić information content (AvgIpc) is 3.39. The Hall–Kier alpha value is -2.99. The largest absolute Gasteiger partial charge is 0.473 e. The van der Waals surface area contributed by atoms with Gasteiger partial charge in [-0.2, -0.15) is 26.3 Å². The molecule has 2 aromatic carbocycles. The van der Waals surface area contributed by atoms with Gasteiger partial charge in [-0.3, -0.25) is 5.32 Å². The van der Waals surface area contributed by atoms with E-state index in [0.717, 1.165) is 49.9 Å². The summed E-state index contributed by atoms with van der Waals surface area (Å²) in [6.45, 7) is 0.560. The second kappa shape index (κ2) is 11.1. The van der Waals surface area contributed by atoms with Crippen molar-refractivity contribution in [2.75, 3.05) is 18.5 Å². The van der Waals surface area contributed by atoms with Gasteiger partial charge in [0.1, 0.15) is 5.75 Å². The molecule has 3 aliphatic rings. The lowest BCUT2D eigenvalue weighted by Gasteiger charge is -2.45. The van der Waals surface area contributed by atoms with Gasteiger partial charge in [0.15, 0.2) is 11.8 Å². The normalized spacial score (nSPS) is 27.6. The van der Waals surface area contributed by atoms with Gasteiger partial charge in [-0.15, -0.1) is 0 Å². The summed E-state index contributed by atoms with van der Waals surface area (Å²) in [5.74, 6) is 0.691. The summed E-state index contributed by atoms with van der Waals surface area (Å²) in [6, 6.07) is 8.64. The molecule has 2 aromatic rings. The number of rotatable bonds is 6. The number of anilines is 1. The number of hydrogen-bond donors (Lipinski definition) is 3. The molecule has 4 atom stereocenters. The van der Waals surface area contributed by atoms with Gasteiger partial charge in [0.2, 0.25) is 0 Å². The van der Waals surface area contributed by atoms with Gasteiger partial charge in [0.25, 0.3) is 0 Å². The van der Waals surface area contributed by atoms with Crippen molar-refractivity contribution in [3.05, 3.63) is 59.7 Å². The van der Waals surface area contributed by atoms with Crippen LogP contribution >= 0.6 is 0 Å². The van der Waals surface area contributed by atoms with Crippen molar-refractivity contribution in [2.45, 2.75) is 68.7 Å². The Labute approximate surface area is 227 Å². The monoisotopic (exact) mass is 571 g/mol. The molecule has 2 saturated heterocycles. The Morgan fingerprint density at radius 2 is 1.65 bits per heavy atom. The van der Waals surface area contributed by atoms with Gasteiger partial charge in [0.05, 0.1) is 18.2 Å². The van der Waals surface area contributed by atoms with Crippen LogP contribution < -0.4 is 20.7 Å². The Morgan fingerprint density at radius 1 is 0.975 bits per heavy atom. The summed E-state index contributed by atoms with van der Waals surface area (Å²) < 4.78 is 92.0. The number of carbonyl (C=O) groups is 1. The van der Waals surface area contributed by atoms with Crippen molar-refractivity contribution >= 4 is 11.7 Å². The van der Waals surface area contributed by atoms with E-state index in [1.807, 2.05) is 0 Å². The quantitative estimate of drug-likeness (QED) is 0.343. The molecule has 0 aromatic heterocycles. The maximum Gasteiger partial charge on any atom is 0.421 e. The number of alkyl halides is 6. The zero-order valence-electron chi connectivity index (χ0n) is 21.6. The van der Waals surface area contributed by atoms with E-state index < -0.39 is 41.8 Å². The van der Waals surface area contributed by atoms with Gasteiger partial charge in [0, 0.05) is 24.2 Å². The zero-order valence-corrected chi connectivity index (χ0v) is 21.6. The Balaban J connectivity index is 1.34. The molecule has 12 heteroatoms. The standard InChI is InChI=1S/C28H31F6N3O3/c29-27(30,31)19-9-11-20(12-10-19)36-25(38)37-22-15-18(17-5-1-2-6-17)16-35-24(22)40-23-8-4-3-7-21(23)26(13-14-39-26)28(32,33)34/h3-4,7-12,17-18,22,24,35H,1-2,5-6,13-16H2,(H2,36,37,38). The fourth-order valence-electron chi connectivity index (χ4n) is 6.00. The van der Waals surface area contributed by atoms with Crippen molar-refractivity contribution in [2.24, 2.45) is 11.8 Å². The number of para-hydroxylation sites is 1. The first-order valence-electron chi connectivity index (χ1n) is 13.4. The van der Waals surface area contributed by atoms with Crippen LogP contribution in [0.1, 0.15) is 49.7 Å². The van der Waals surface area contributed by atoms with E-state index in [9.17, 15) is 31.1 Å². The molecule has 0 radical (unpaired) electrons. The number of urea groups is 1. The van der Waals surface area contributed by atoms with Crippen molar-refractivity contribution in [3.63, 3.8) is 0 Å². The molecule has 5 rings (SSSR count). The van der Waals surface area contributed by atoms with Crippen LogP contribution in [0.3, 0.4) is 0 Å². The molecule has 3 fully saturated rings. The predicted molar refractivity (Wildman–Crippen MR) is 135 cm³/mol. The molecule has 0 bridgehead atoms. The van der Waals surface area contributed by atoms with Crippen LogP contribution in [0.25, 0.3) is 0 Å². The number of nitrogens with one attached hydrogen (secondary N) is 3. The van der Waals surface area contributed by atoms with E-state index in [2.05, 4.69) is 16.0 Å². The van der Waals surface area contributed by atoms with Gasteiger partial charge >= 0.3 is 18.4 Å². The first-order valence-corrected chi connectivity index (χ1v) is 13.4. The third kappa shape index (κ3) is 5.88. The summed E-state index contributed by atoms with van der Waals surface area (Å²) in [7, 11) is 0. The second-order valence-electron chi connectivity index (χ2n) is 10.7. The number of piperidine rings is 1. The summed E-state index contributed by atoms with van der Waals surface area (Å²) in [5.41, 5.74) is -3.25. The Kier molecular flexibility index (Phi) is 7.93. The lowest BCUT2D eigenvalue weighted by atomic mass is 9.82. The van der Waals surface area contributed by atoms with Crippen molar-refractivity contribution in [1.82, 2.24) is 10.6 Å². The fourth-order valence-corrected chi connectivity index (χ4v) is 6.00. The number of ether oxygens (including phenoxy) is 2. The molecule has 1 aliphatic carbocycles. The number of halogens is 6. The topological polar surface area (TPSA) is 71.6 Å². The average molecular weight is 572 g/mol.